The highest BCUT2D eigenvalue weighted by atomic mass is 14.9. The Labute approximate surface area is 111 Å². The first-order chi connectivity index (χ1) is 8.85. The number of hydrogen-bond donors (Lipinski definition) is 0. The van der Waals surface area contributed by atoms with Crippen molar-refractivity contribution in [3.8, 4) is 0 Å². The predicted molar refractivity (Wildman–Crippen MR) is 80.1 cm³/mol. The molecule has 2 rings (SSSR count). The quantitative estimate of drug-likeness (QED) is 0.591. The first-order valence-corrected chi connectivity index (χ1v) is 7.43. The fraction of sp³-hybridized carbons (Fsp3) is 0.529. The Hall–Kier alpha value is -1.24. The van der Waals surface area contributed by atoms with Crippen molar-refractivity contribution in [3.63, 3.8) is 0 Å². The van der Waals surface area contributed by atoms with Crippen LogP contribution in [0, 0.1) is 0 Å². The SMILES string of the molecule is CCCCCCCn1ccc2cc(CC)ccc21. The van der Waals surface area contributed by atoms with Crippen LogP contribution in [-0.2, 0) is 13.0 Å². The lowest BCUT2D eigenvalue weighted by Gasteiger charge is -2.06. The van der Waals surface area contributed by atoms with Gasteiger partial charge in [0.1, 0.15) is 0 Å². The second kappa shape index (κ2) is 6.63. The number of benzene rings is 1. The van der Waals surface area contributed by atoms with Gasteiger partial charge < -0.3 is 4.57 Å². The van der Waals surface area contributed by atoms with Gasteiger partial charge in [0, 0.05) is 18.3 Å². The maximum absolute atomic E-state index is 2.40. The summed E-state index contributed by atoms with van der Waals surface area (Å²) in [7, 11) is 0. The molecule has 0 unspecified atom stereocenters. The zero-order chi connectivity index (χ0) is 12.8. The van der Waals surface area contributed by atoms with Gasteiger partial charge in [0.05, 0.1) is 0 Å². The second-order valence-corrected chi connectivity index (χ2v) is 5.17. The van der Waals surface area contributed by atoms with E-state index >= 15 is 0 Å². The minimum atomic E-state index is 1.12. The first kappa shape index (κ1) is 13.2. The van der Waals surface area contributed by atoms with Crippen LogP contribution in [-0.4, -0.2) is 4.57 Å². The molecule has 1 heterocycles. The van der Waals surface area contributed by atoms with Gasteiger partial charge in [-0.25, -0.2) is 0 Å². The van der Waals surface area contributed by atoms with E-state index in [2.05, 4.69) is 48.9 Å². The van der Waals surface area contributed by atoms with Crippen molar-refractivity contribution in [1.82, 2.24) is 4.57 Å². The topological polar surface area (TPSA) is 4.93 Å². The minimum absolute atomic E-state index is 1.12. The van der Waals surface area contributed by atoms with Crippen molar-refractivity contribution < 1.29 is 0 Å². The third-order valence-electron chi connectivity index (χ3n) is 3.75. The summed E-state index contributed by atoms with van der Waals surface area (Å²) in [4.78, 5) is 0. The minimum Gasteiger partial charge on any atom is -0.347 e. The summed E-state index contributed by atoms with van der Waals surface area (Å²) >= 11 is 0. The summed E-state index contributed by atoms with van der Waals surface area (Å²) in [6.45, 7) is 5.65. The Kier molecular flexibility index (Phi) is 4.86. The lowest BCUT2D eigenvalue weighted by Crippen LogP contribution is -1.96. The standard InChI is InChI=1S/C17H25N/c1-3-5-6-7-8-12-18-13-11-16-14-15(4-2)9-10-17(16)18/h9-11,13-14H,3-8,12H2,1-2H3. The zero-order valence-electron chi connectivity index (χ0n) is 11.8. The number of aryl methyl sites for hydroxylation is 2. The highest BCUT2D eigenvalue weighted by Gasteiger charge is 2.01. The Morgan fingerprint density at radius 3 is 2.56 bits per heavy atom. The van der Waals surface area contributed by atoms with E-state index in [1.807, 2.05) is 0 Å². The Morgan fingerprint density at radius 1 is 0.944 bits per heavy atom. The summed E-state index contributed by atoms with van der Waals surface area (Å²) in [6, 6.07) is 9.11. The van der Waals surface area contributed by atoms with Crippen LogP contribution in [0.15, 0.2) is 30.5 Å². The molecule has 0 N–H and O–H groups in total. The lowest BCUT2D eigenvalue weighted by atomic mass is 10.1. The van der Waals surface area contributed by atoms with Crippen LogP contribution in [0.4, 0.5) is 0 Å². The molecule has 0 saturated heterocycles. The van der Waals surface area contributed by atoms with Gasteiger partial charge in [0.15, 0.2) is 0 Å². The van der Waals surface area contributed by atoms with Gasteiger partial charge >= 0.3 is 0 Å². The van der Waals surface area contributed by atoms with Gasteiger partial charge in [0.25, 0.3) is 0 Å². The second-order valence-electron chi connectivity index (χ2n) is 5.17. The Bertz CT molecular complexity index is 481. The van der Waals surface area contributed by atoms with Gasteiger partial charge in [-0.05, 0) is 42.0 Å². The van der Waals surface area contributed by atoms with Crippen LogP contribution in [0.2, 0.25) is 0 Å². The number of unbranched alkanes of at least 4 members (excludes halogenated alkanes) is 4. The summed E-state index contributed by atoms with van der Waals surface area (Å²) in [5, 5.41) is 1.39. The van der Waals surface area contributed by atoms with Crippen LogP contribution < -0.4 is 0 Å². The molecule has 0 radical (unpaired) electrons. The highest BCUT2D eigenvalue weighted by Crippen LogP contribution is 2.19. The zero-order valence-corrected chi connectivity index (χ0v) is 11.8. The van der Waals surface area contributed by atoms with Crippen molar-refractivity contribution in [2.45, 2.75) is 58.9 Å². The fourth-order valence-corrected chi connectivity index (χ4v) is 2.55. The van der Waals surface area contributed by atoms with Crippen LogP contribution in [0.3, 0.4) is 0 Å². The van der Waals surface area contributed by atoms with E-state index in [-0.39, 0.29) is 0 Å². The molecule has 0 amide bonds. The fourth-order valence-electron chi connectivity index (χ4n) is 2.55. The molecule has 0 aliphatic carbocycles. The van der Waals surface area contributed by atoms with Crippen molar-refractivity contribution >= 4 is 10.9 Å². The van der Waals surface area contributed by atoms with Crippen molar-refractivity contribution in [2.75, 3.05) is 0 Å². The van der Waals surface area contributed by atoms with E-state index in [9.17, 15) is 0 Å². The molecule has 0 atom stereocenters. The smallest absolute Gasteiger partial charge is 0.0480 e. The molecular weight excluding hydrogens is 218 g/mol. The van der Waals surface area contributed by atoms with Gasteiger partial charge in [-0.15, -0.1) is 0 Å². The predicted octanol–water partition coefficient (Wildman–Crippen LogP) is 5.17. The van der Waals surface area contributed by atoms with Gasteiger partial charge in [-0.3, -0.25) is 0 Å². The largest absolute Gasteiger partial charge is 0.347 e. The van der Waals surface area contributed by atoms with Gasteiger partial charge in [-0.1, -0.05) is 45.6 Å². The maximum Gasteiger partial charge on any atom is 0.0480 e. The van der Waals surface area contributed by atoms with Crippen molar-refractivity contribution in [2.24, 2.45) is 0 Å². The molecule has 0 saturated carbocycles. The van der Waals surface area contributed by atoms with Gasteiger partial charge in [-0.2, -0.15) is 0 Å². The highest BCUT2D eigenvalue weighted by molar-refractivity contribution is 5.80. The van der Waals surface area contributed by atoms with E-state index < -0.39 is 0 Å². The third kappa shape index (κ3) is 3.16. The summed E-state index contributed by atoms with van der Waals surface area (Å²) in [5.74, 6) is 0. The molecule has 98 valence electrons. The Morgan fingerprint density at radius 2 is 1.78 bits per heavy atom. The number of aromatic nitrogens is 1. The maximum atomic E-state index is 2.40. The summed E-state index contributed by atoms with van der Waals surface area (Å²) in [5.41, 5.74) is 2.82. The molecule has 1 heteroatoms. The monoisotopic (exact) mass is 243 g/mol. The number of hydrogen-bond acceptors (Lipinski definition) is 0. The molecule has 0 aliphatic heterocycles. The molecule has 0 spiro atoms. The van der Waals surface area contributed by atoms with E-state index in [0.717, 1.165) is 6.42 Å². The van der Waals surface area contributed by atoms with E-state index in [1.165, 1.54) is 55.1 Å². The van der Waals surface area contributed by atoms with Crippen molar-refractivity contribution in [3.05, 3.63) is 36.0 Å². The van der Waals surface area contributed by atoms with Crippen LogP contribution in [0.25, 0.3) is 10.9 Å². The molecule has 0 aliphatic rings. The van der Waals surface area contributed by atoms with Crippen molar-refractivity contribution in [1.29, 1.82) is 0 Å². The molecule has 1 aromatic heterocycles. The third-order valence-corrected chi connectivity index (χ3v) is 3.75. The molecule has 0 bridgehead atoms. The van der Waals surface area contributed by atoms with E-state index in [4.69, 9.17) is 0 Å². The van der Waals surface area contributed by atoms with E-state index in [1.54, 1.807) is 0 Å². The molecule has 1 aromatic carbocycles. The number of nitrogens with zero attached hydrogens (tertiary/aromatic N) is 1. The van der Waals surface area contributed by atoms with Gasteiger partial charge in [0.2, 0.25) is 0 Å². The molecule has 18 heavy (non-hydrogen) atoms. The molecule has 1 nitrogen and oxygen atoms in total. The number of fused-ring (bicyclic) bond motifs is 1. The molecule has 0 fully saturated rings. The normalized spacial score (nSPS) is 11.2. The van der Waals surface area contributed by atoms with Crippen LogP contribution in [0.5, 0.6) is 0 Å². The molecule has 2 aromatic rings. The first-order valence-electron chi connectivity index (χ1n) is 7.43. The average Bonchev–Trinajstić information content (AvgIpc) is 2.81. The lowest BCUT2D eigenvalue weighted by molar-refractivity contribution is 0.577. The summed E-state index contributed by atoms with van der Waals surface area (Å²) < 4.78 is 2.40. The van der Waals surface area contributed by atoms with Crippen LogP contribution >= 0.6 is 0 Å². The number of rotatable bonds is 7. The molecular formula is C17H25N. The van der Waals surface area contributed by atoms with E-state index in [0.29, 0.717) is 0 Å². The average molecular weight is 243 g/mol. The Balaban J connectivity index is 1.97. The summed E-state index contributed by atoms with van der Waals surface area (Å²) in [6.07, 6.45) is 10.1. The van der Waals surface area contributed by atoms with Crippen LogP contribution in [0.1, 0.15) is 51.5 Å².